The largest absolute Gasteiger partial charge is 0.480 e. The molecule has 58 valence electrons. The van der Waals surface area contributed by atoms with Gasteiger partial charge in [0.1, 0.15) is 11.8 Å². The molecule has 0 spiro atoms. The lowest BCUT2D eigenvalue weighted by molar-refractivity contribution is -0.144. The molecule has 0 aliphatic carbocycles. The van der Waals surface area contributed by atoms with Crippen LogP contribution in [-0.2, 0) is 9.59 Å². The number of carbonyl (C=O) groups is 2. The highest BCUT2D eigenvalue weighted by atomic mass is 16.4. The second kappa shape index (κ2) is 3.31. The molecule has 4 heteroatoms. The standard InChI is InChI=1S/C6H11NO3/c1-2-6(7,3-4-8)5(9)10/h4H,2-3,7H2,1H3,(H,9,10). The lowest BCUT2D eigenvalue weighted by atomic mass is 9.95. The number of aliphatic carboxylic acids is 1. The molecule has 0 aromatic heterocycles. The average molecular weight is 145 g/mol. The van der Waals surface area contributed by atoms with E-state index in [0.29, 0.717) is 6.29 Å². The first-order valence-electron chi connectivity index (χ1n) is 3.02. The Bertz CT molecular complexity index is 146. The Balaban J connectivity index is 4.21. The van der Waals surface area contributed by atoms with Crippen LogP contribution in [0.4, 0.5) is 0 Å². The molecule has 0 bridgehead atoms. The van der Waals surface area contributed by atoms with Crippen LogP contribution in [0.3, 0.4) is 0 Å². The number of carboxylic acid groups (broad SMARTS) is 1. The molecule has 0 aliphatic rings. The summed E-state index contributed by atoms with van der Waals surface area (Å²) in [6.07, 6.45) is 0.664. The molecular weight excluding hydrogens is 134 g/mol. The van der Waals surface area contributed by atoms with Crippen LogP contribution in [0.15, 0.2) is 0 Å². The van der Waals surface area contributed by atoms with Crippen LogP contribution in [0, 0.1) is 0 Å². The van der Waals surface area contributed by atoms with Gasteiger partial charge in [0.05, 0.1) is 0 Å². The number of rotatable bonds is 4. The Kier molecular flexibility index (Phi) is 3.02. The Morgan fingerprint density at radius 1 is 1.80 bits per heavy atom. The highest BCUT2D eigenvalue weighted by molar-refractivity contribution is 5.81. The van der Waals surface area contributed by atoms with Gasteiger partial charge in [0.2, 0.25) is 0 Å². The highest BCUT2D eigenvalue weighted by Gasteiger charge is 2.30. The van der Waals surface area contributed by atoms with E-state index >= 15 is 0 Å². The first kappa shape index (κ1) is 9.10. The molecule has 0 aromatic carbocycles. The van der Waals surface area contributed by atoms with Gasteiger partial charge in [-0.15, -0.1) is 0 Å². The van der Waals surface area contributed by atoms with Gasteiger partial charge in [-0.1, -0.05) is 6.92 Å². The SMILES string of the molecule is CCC(N)(CC=O)C(=O)O. The van der Waals surface area contributed by atoms with Crippen LogP contribution in [0.25, 0.3) is 0 Å². The summed E-state index contributed by atoms with van der Waals surface area (Å²) in [6, 6.07) is 0. The maximum Gasteiger partial charge on any atom is 0.324 e. The molecule has 0 aromatic rings. The van der Waals surface area contributed by atoms with E-state index in [1.165, 1.54) is 0 Å². The fraction of sp³-hybridized carbons (Fsp3) is 0.667. The second-order valence-electron chi connectivity index (χ2n) is 2.19. The highest BCUT2D eigenvalue weighted by Crippen LogP contribution is 2.09. The number of aldehydes is 1. The van der Waals surface area contributed by atoms with Crippen molar-refractivity contribution in [1.29, 1.82) is 0 Å². The van der Waals surface area contributed by atoms with Crippen LogP contribution in [0.2, 0.25) is 0 Å². The van der Waals surface area contributed by atoms with Crippen LogP contribution >= 0.6 is 0 Å². The molecule has 0 aliphatic heterocycles. The maximum absolute atomic E-state index is 10.4. The zero-order valence-corrected chi connectivity index (χ0v) is 5.83. The van der Waals surface area contributed by atoms with Gasteiger partial charge in [-0.25, -0.2) is 0 Å². The number of hydrogen-bond acceptors (Lipinski definition) is 3. The molecule has 10 heavy (non-hydrogen) atoms. The molecule has 0 heterocycles. The van der Waals surface area contributed by atoms with Crippen molar-refractivity contribution >= 4 is 12.3 Å². The maximum atomic E-state index is 10.4. The third-order valence-electron chi connectivity index (χ3n) is 1.50. The summed E-state index contributed by atoms with van der Waals surface area (Å²) in [5, 5.41) is 8.48. The lowest BCUT2D eigenvalue weighted by Crippen LogP contribution is -2.47. The van der Waals surface area contributed by atoms with Crippen molar-refractivity contribution in [1.82, 2.24) is 0 Å². The van der Waals surface area contributed by atoms with Gasteiger partial charge in [-0.3, -0.25) is 4.79 Å². The van der Waals surface area contributed by atoms with E-state index in [2.05, 4.69) is 0 Å². The zero-order valence-electron chi connectivity index (χ0n) is 5.83. The molecule has 0 radical (unpaired) electrons. The molecule has 0 saturated carbocycles. The number of carboxylic acids is 1. The minimum Gasteiger partial charge on any atom is -0.480 e. The first-order valence-corrected chi connectivity index (χ1v) is 3.02. The van der Waals surface area contributed by atoms with E-state index in [0.717, 1.165) is 0 Å². The van der Waals surface area contributed by atoms with E-state index < -0.39 is 11.5 Å². The first-order chi connectivity index (χ1) is 4.56. The normalized spacial score (nSPS) is 15.8. The van der Waals surface area contributed by atoms with Crippen molar-refractivity contribution in [3.05, 3.63) is 0 Å². The molecule has 4 nitrogen and oxygen atoms in total. The fourth-order valence-electron chi connectivity index (χ4n) is 0.532. The minimum absolute atomic E-state index is 0.126. The van der Waals surface area contributed by atoms with E-state index in [1.54, 1.807) is 6.92 Å². The predicted octanol–water partition coefficient (Wildman–Crippen LogP) is -0.233. The number of hydrogen-bond donors (Lipinski definition) is 2. The molecule has 1 atom stereocenters. The summed E-state index contributed by atoms with van der Waals surface area (Å²) in [5.74, 6) is -1.12. The third-order valence-corrected chi connectivity index (χ3v) is 1.50. The van der Waals surface area contributed by atoms with E-state index in [-0.39, 0.29) is 12.8 Å². The van der Waals surface area contributed by atoms with Gasteiger partial charge in [-0.05, 0) is 6.42 Å². The van der Waals surface area contributed by atoms with Crippen molar-refractivity contribution in [2.45, 2.75) is 25.3 Å². The number of carbonyl (C=O) groups excluding carboxylic acids is 1. The van der Waals surface area contributed by atoms with Gasteiger partial charge < -0.3 is 15.6 Å². The Labute approximate surface area is 59.0 Å². The van der Waals surface area contributed by atoms with Gasteiger partial charge in [0.15, 0.2) is 0 Å². The van der Waals surface area contributed by atoms with Crippen LogP contribution in [0.1, 0.15) is 19.8 Å². The van der Waals surface area contributed by atoms with Crippen molar-refractivity contribution in [3.8, 4) is 0 Å². The molecular formula is C6H11NO3. The Morgan fingerprint density at radius 2 is 2.30 bits per heavy atom. The quantitative estimate of drug-likeness (QED) is 0.535. The van der Waals surface area contributed by atoms with Crippen molar-refractivity contribution < 1.29 is 14.7 Å². The number of nitrogens with two attached hydrogens (primary N) is 1. The van der Waals surface area contributed by atoms with Crippen LogP contribution < -0.4 is 5.73 Å². The zero-order chi connectivity index (χ0) is 8.20. The van der Waals surface area contributed by atoms with E-state index in [9.17, 15) is 9.59 Å². The predicted molar refractivity (Wildman–Crippen MR) is 35.5 cm³/mol. The molecule has 0 saturated heterocycles. The van der Waals surface area contributed by atoms with Crippen molar-refractivity contribution in [3.63, 3.8) is 0 Å². The van der Waals surface area contributed by atoms with Gasteiger partial charge >= 0.3 is 5.97 Å². The van der Waals surface area contributed by atoms with Crippen molar-refractivity contribution in [2.24, 2.45) is 5.73 Å². The average Bonchev–Trinajstić information content (AvgIpc) is 1.88. The van der Waals surface area contributed by atoms with Gasteiger partial charge in [0, 0.05) is 6.42 Å². The lowest BCUT2D eigenvalue weighted by Gasteiger charge is -2.18. The third kappa shape index (κ3) is 1.80. The Hall–Kier alpha value is -0.900. The van der Waals surface area contributed by atoms with Gasteiger partial charge in [0.25, 0.3) is 0 Å². The minimum atomic E-state index is -1.36. The molecule has 1 unspecified atom stereocenters. The Morgan fingerprint density at radius 3 is 2.40 bits per heavy atom. The molecule has 0 amide bonds. The summed E-state index contributed by atoms with van der Waals surface area (Å²) < 4.78 is 0. The van der Waals surface area contributed by atoms with E-state index in [1.807, 2.05) is 0 Å². The summed E-state index contributed by atoms with van der Waals surface area (Å²) in [7, 11) is 0. The monoisotopic (exact) mass is 145 g/mol. The van der Waals surface area contributed by atoms with Crippen LogP contribution in [-0.4, -0.2) is 22.9 Å². The molecule has 0 rings (SSSR count). The second-order valence-corrected chi connectivity index (χ2v) is 2.19. The fourth-order valence-corrected chi connectivity index (χ4v) is 0.532. The van der Waals surface area contributed by atoms with E-state index in [4.69, 9.17) is 10.8 Å². The topological polar surface area (TPSA) is 80.4 Å². The summed E-state index contributed by atoms with van der Waals surface area (Å²) in [6.45, 7) is 1.64. The van der Waals surface area contributed by atoms with Crippen molar-refractivity contribution in [2.75, 3.05) is 0 Å². The summed E-state index contributed by atoms with van der Waals surface area (Å²) >= 11 is 0. The van der Waals surface area contributed by atoms with Crippen LogP contribution in [0.5, 0.6) is 0 Å². The summed E-state index contributed by atoms with van der Waals surface area (Å²) in [4.78, 5) is 20.3. The van der Waals surface area contributed by atoms with Gasteiger partial charge in [-0.2, -0.15) is 0 Å². The summed E-state index contributed by atoms with van der Waals surface area (Å²) in [5.41, 5.74) is 3.96. The molecule has 0 fully saturated rings. The molecule has 3 N–H and O–H groups in total. The smallest absolute Gasteiger partial charge is 0.324 e.